The van der Waals surface area contributed by atoms with Gasteiger partial charge in [-0.3, -0.25) is 14.4 Å². The molecule has 0 saturated carbocycles. The highest BCUT2D eigenvalue weighted by Crippen LogP contribution is 2.19. The first kappa shape index (κ1) is 26.5. The number of hydrogen-bond donors (Lipinski definition) is 3. The van der Waals surface area contributed by atoms with Crippen molar-refractivity contribution >= 4 is 68.5 Å². The van der Waals surface area contributed by atoms with E-state index in [0.29, 0.717) is 21.9 Å². The molecule has 3 N–H and O–H groups in total. The van der Waals surface area contributed by atoms with Gasteiger partial charge < -0.3 is 15.4 Å². The lowest BCUT2D eigenvalue weighted by molar-refractivity contribution is -0.136. The Hall–Kier alpha value is -4.61. The van der Waals surface area contributed by atoms with E-state index in [1.54, 1.807) is 78.2 Å². The monoisotopic (exact) mass is 590 g/mol. The number of anilines is 2. The summed E-state index contributed by atoms with van der Waals surface area (Å²) in [6, 6.07) is 23.2. The molecule has 3 amide bonds. The van der Waals surface area contributed by atoms with Crippen LogP contribution in [0.15, 0.2) is 99.9 Å². The summed E-state index contributed by atoms with van der Waals surface area (Å²) in [4.78, 5) is 49.8. The van der Waals surface area contributed by atoms with Crippen molar-refractivity contribution in [3.8, 4) is 5.75 Å². The van der Waals surface area contributed by atoms with Gasteiger partial charge in [0.25, 0.3) is 5.91 Å². The van der Waals surface area contributed by atoms with Gasteiger partial charge in [0.15, 0.2) is 0 Å². The van der Waals surface area contributed by atoms with Gasteiger partial charge in [0, 0.05) is 10.2 Å². The molecule has 0 unspecified atom stereocenters. The molecule has 0 spiro atoms. The SMILES string of the molecule is O=C(N/N=C\c1ccc(OC(=O)c2cccs2)cc1)C(=O)Nc1ccccc1C(=O)Nc1ccc(Br)cc1. The number of carbonyl (C=O) groups excluding carboxylic acids is 4. The zero-order valence-electron chi connectivity index (χ0n) is 19.5. The summed E-state index contributed by atoms with van der Waals surface area (Å²) in [6.07, 6.45) is 1.33. The topological polar surface area (TPSA) is 126 Å². The fourth-order valence-electron chi connectivity index (χ4n) is 3.09. The van der Waals surface area contributed by atoms with Crippen molar-refractivity contribution in [1.82, 2.24) is 5.43 Å². The molecule has 0 aliphatic heterocycles. The summed E-state index contributed by atoms with van der Waals surface area (Å²) in [6.45, 7) is 0. The van der Waals surface area contributed by atoms with E-state index in [1.165, 1.54) is 29.7 Å². The Labute approximate surface area is 229 Å². The largest absolute Gasteiger partial charge is 0.422 e. The average Bonchev–Trinajstić information content (AvgIpc) is 3.47. The summed E-state index contributed by atoms with van der Waals surface area (Å²) in [7, 11) is 0. The number of thiophene rings is 1. The smallest absolute Gasteiger partial charge is 0.353 e. The molecule has 1 aromatic heterocycles. The number of amides is 3. The number of ether oxygens (including phenoxy) is 1. The minimum atomic E-state index is -1.02. The molecule has 38 heavy (non-hydrogen) atoms. The zero-order chi connectivity index (χ0) is 26.9. The lowest BCUT2D eigenvalue weighted by Gasteiger charge is -2.11. The Bertz CT molecular complexity index is 1490. The third-order valence-corrected chi connectivity index (χ3v) is 6.30. The van der Waals surface area contributed by atoms with Crippen molar-refractivity contribution in [1.29, 1.82) is 0 Å². The van der Waals surface area contributed by atoms with Crippen LogP contribution in [0.1, 0.15) is 25.6 Å². The summed E-state index contributed by atoms with van der Waals surface area (Å²) in [5.74, 6) is -2.57. The van der Waals surface area contributed by atoms with Crippen LogP contribution in [-0.4, -0.2) is 29.9 Å². The van der Waals surface area contributed by atoms with E-state index in [-0.39, 0.29) is 11.3 Å². The van der Waals surface area contributed by atoms with E-state index < -0.39 is 23.7 Å². The third-order valence-electron chi connectivity index (χ3n) is 4.92. The molecule has 0 radical (unpaired) electrons. The van der Waals surface area contributed by atoms with E-state index in [9.17, 15) is 19.2 Å². The van der Waals surface area contributed by atoms with Crippen LogP contribution in [0, 0.1) is 0 Å². The molecule has 0 aliphatic rings. The first-order valence-corrected chi connectivity index (χ1v) is 12.7. The van der Waals surface area contributed by atoms with Gasteiger partial charge in [-0.1, -0.05) is 34.1 Å². The van der Waals surface area contributed by atoms with Gasteiger partial charge in [-0.15, -0.1) is 11.3 Å². The molecule has 190 valence electrons. The summed E-state index contributed by atoms with van der Waals surface area (Å²) < 4.78 is 6.15. The third kappa shape index (κ3) is 7.21. The summed E-state index contributed by atoms with van der Waals surface area (Å²) in [5, 5.41) is 10.7. The van der Waals surface area contributed by atoms with Crippen LogP contribution in [0.4, 0.5) is 11.4 Å². The second kappa shape index (κ2) is 12.6. The van der Waals surface area contributed by atoms with Crippen LogP contribution in [0.25, 0.3) is 0 Å². The van der Waals surface area contributed by atoms with E-state index in [4.69, 9.17) is 4.74 Å². The van der Waals surface area contributed by atoms with Crippen LogP contribution in [0.5, 0.6) is 5.75 Å². The molecule has 0 fully saturated rings. The standard InChI is InChI=1S/C27H19BrN4O5S/c28-18-9-11-19(12-10-18)30-24(33)21-4-1-2-5-22(21)31-25(34)26(35)32-29-16-17-7-13-20(14-8-17)37-27(36)23-6-3-15-38-23/h1-16H,(H,30,33)(H,31,34)(H,32,35)/b29-16-. The number of rotatable bonds is 7. The Morgan fingerprint density at radius 2 is 1.55 bits per heavy atom. The van der Waals surface area contributed by atoms with Crippen LogP contribution in [-0.2, 0) is 9.59 Å². The molecule has 0 aliphatic carbocycles. The highest BCUT2D eigenvalue weighted by atomic mass is 79.9. The first-order chi connectivity index (χ1) is 18.4. The molecular weight excluding hydrogens is 572 g/mol. The van der Waals surface area contributed by atoms with Crippen LogP contribution < -0.4 is 20.8 Å². The molecule has 4 aromatic rings. The van der Waals surface area contributed by atoms with Crippen LogP contribution >= 0.6 is 27.3 Å². The maximum atomic E-state index is 12.7. The molecule has 0 atom stereocenters. The molecule has 4 rings (SSSR count). The maximum Gasteiger partial charge on any atom is 0.353 e. The number of nitrogens with zero attached hydrogens (tertiary/aromatic N) is 1. The molecule has 3 aromatic carbocycles. The Kier molecular flexibility index (Phi) is 8.75. The number of hydrogen-bond acceptors (Lipinski definition) is 7. The van der Waals surface area contributed by atoms with Crippen molar-refractivity contribution in [2.75, 3.05) is 10.6 Å². The molecule has 9 nitrogen and oxygen atoms in total. The minimum Gasteiger partial charge on any atom is -0.422 e. The van der Waals surface area contributed by atoms with Crippen LogP contribution in [0.2, 0.25) is 0 Å². The predicted molar refractivity (Wildman–Crippen MR) is 149 cm³/mol. The fraction of sp³-hybridized carbons (Fsp3) is 0. The number of para-hydroxylation sites is 1. The summed E-state index contributed by atoms with van der Waals surface area (Å²) >= 11 is 4.62. The summed E-state index contributed by atoms with van der Waals surface area (Å²) in [5.41, 5.74) is 3.65. The average molecular weight is 591 g/mol. The zero-order valence-corrected chi connectivity index (χ0v) is 21.9. The fourth-order valence-corrected chi connectivity index (χ4v) is 3.95. The van der Waals surface area contributed by atoms with Crippen molar-refractivity contribution in [2.45, 2.75) is 0 Å². The van der Waals surface area contributed by atoms with E-state index in [1.807, 2.05) is 0 Å². The molecular formula is C27H19BrN4O5S. The van der Waals surface area contributed by atoms with Gasteiger partial charge in [0.1, 0.15) is 10.6 Å². The van der Waals surface area contributed by atoms with E-state index in [0.717, 1.165) is 4.47 Å². The number of benzene rings is 3. The molecule has 11 heteroatoms. The lowest BCUT2D eigenvalue weighted by Crippen LogP contribution is -2.33. The Morgan fingerprint density at radius 1 is 0.816 bits per heavy atom. The highest BCUT2D eigenvalue weighted by Gasteiger charge is 2.18. The van der Waals surface area contributed by atoms with Crippen molar-refractivity contribution in [3.63, 3.8) is 0 Å². The van der Waals surface area contributed by atoms with Crippen molar-refractivity contribution in [3.05, 3.63) is 111 Å². The van der Waals surface area contributed by atoms with Crippen molar-refractivity contribution in [2.24, 2.45) is 5.10 Å². The lowest BCUT2D eigenvalue weighted by atomic mass is 10.1. The Balaban J connectivity index is 1.31. The normalized spacial score (nSPS) is 10.6. The predicted octanol–water partition coefficient (Wildman–Crippen LogP) is 5.07. The van der Waals surface area contributed by atoms with E-state index in [2.05, 4.69) is 37.1 Å². The maximum absolute atomic E-state index is 12.7. The van der Waals surface area contributed by atoms with Gasteiger partial charge in [-0.05, 0) is 77.7 Å². The molecule has 0 bridgehead atoms. The highest BCUT2D eigenvalue weighted by molar-refractivity contribution is 9.10. The van der Waals surface area contributed by atoms with Gasteiger partial charge in [0.05, 0.1) is 17.5 Å². The molecule has 0 saturated heterocycles. The van der Waals surface area contributed by atoms with Gasteiger partial charge in [-0.25, -0.2) is 10.2 Å². The molecule has 1 heterocycles. The number of carbonyl (C=O) groups is 4. The van der Waals surface area contributed by atoms with Gasteiger partial charge in [0.2, 0.25) is 0 Å². The van der Waals surface area contributed by atoms with Gasteiger partial charge >= 0.3 is 17.8 Å². The Morgan fingerprint density at radius 3 is 2.26 bits per heavy atom. The second-order valence-corrected chi connectivity index (χ2v) is 9.46. The quantitative estimate of drug-likeness (QED) is 0.0910. The van der Waals surface area contributed by atoms with E-state index >= 15 is 0 Å². The van der Waals surface area contributed by atoms with Crippen molar-refractivity contribution < 1.29 is 23.9 Å². The number of nitrogens with one attached hydrogen (secondary N) is 3. The number of esters is 1. The minimum absolute atomic E-state index is 0.166. The van der Waals surface area contributed by atoms with Crippen LogP contribution in [0.3, 0.4) is 0 Å². The number of halogens is 1. The first-order valence-electron chi connectivity index (χ1n) is 11.0. The second-order valence-electron chi connectivity index (χ2n) is 7.60. The van der Waals surface area contributed by atoms with Gasteiger partial charge in [-0.2, -0.15) is 5.10 Å². The number of hydrazone groups is 1.